The minimum absolute atomic E-state index is 0.591. The fourth-order valence-electron chi connectivity index (χ4n) is 8.80. The van der Waals surface area contributed by atoms with Gasteiger partial charge in [0.05, 0.1) is 17.0 Å². The zero-order chi connectivity index (χ0) is 37.2. The highest BCUT2D eigenvalue weighted by Crippen LogP contribution is 2.62. The Morgan fingerprint density at radius 3 is 1.71 bits per heavy atom. The van der Waals surface area contributed by atoms with Gasteiger partial charge in [0.15, 0.2) is 17.5 Å². The Balaban J connectivity index is 1.19. The number of hydrogen-bond acceptors (Lipinski definition) is 5. The quantitative estimate of drug-likeness (QED) is 0.181. The van der Waals surface area contributed by atoms with Gasteiger partial charge in [0.1, 0.15) is 11.5 Å². The van der Waals surface area contributed by atoms with Crippen LogP contribution in [0.3, 0.4) is 0 Å². The van der Waals surface area contributed by atoms with Crippen LogP contribution in [0.1, 0.15) is 27.8 Å². The first-order valence-electron chi connectivity index (χ1n) is 18.7. The van der Waals surface area contributed by atoms with Crippen LogP contribution in [0.25, 0.3) is 67.2 Å². The molecular weight excluding hydrogens is 685 g/mol. The van der Waals surface area contributed by atoms with Gasteiger partial charge in [-0.05, 0) is 74.5 Å². The topological polar surface area (TPSA) is 71.7 Å². The minimum atomic E-state index is -0.739. The summed E-state index contributed by atoms with van der Waals surface area (Å²) in [6.45, 7) is 0. The second-order valence-electron chi connectivity index (χ2n) is 14.2. The molecule has 2 aliphatic rings. The average Bonchev–Trinajstić information content (AvgIpc) is 3.55. The lowest BCUT2D eigenvalue weighted by Gasteiger charge is -2.39. The Bertz CT molecular complexity index is 3040. The van der Waals surface area contributed by atoms with Gasteiger partial charge in [0.2, 0.25) is 0 Å². The van der Waals surface area contributed by atoms with Gasteiger partial charge in [-0.1, -0.05) is 152 Å². The van der Waals surface area contributed by atoms with Crippen LogP contribution >= 0.6 is 0 Å². The van der Waals surface area contributed by atoms with E-state index in [2.05, 4.69) is 121 Å². The van der Waals surface area contributed by atoms with E-state index in [1.54, 1.807) is 0 Å². The van der Waals surface area contributed by atoms with Gasteiger partial charge in [-0.2, -0.15) is 5.26 Å². The zero-order valence-corrected chi connectivity index (χ0v) is 30.0. The Morgan fingerprint density at radius 2 is 0.964 bits per heavy atom. The second kappa shape index (κ2) is 12.4. The lowest BCUT2D eigenvalue weighted by Crippen LogP contribution is -2.32. The lowest BCUT2D eigenvalue weighted by molar-refractivity contribution is 0.436. The first-order chi connectivity index (χ1) is 27.7. The summed E-state index contributed by atoms with van der Waals surface area (Å²) < 4.78 is 6.65. The summed E-state index contributed by atoms with van der Waals surface area (Å²) in [6, 6.07) is 64.9. The fourth-order valence-corrected chi connectivity index (χ4v) is 8.80. The Hall–Kier alpha value is -7.68. The highest BCUT2D eigenvalue weighted by Gasteiger charge is 2.51. The molecule has 0 atom stereocenters. The molecule has 0 N–H and O–H groups in total. The first kappa shape index (κ1) is 31.8. The molecule has 260 valence electrons. The molecule has 8 aromatic carbocycles. The SMILES string of the molecule is N#Cc1ccccc1-c1ccc2c(c1)C1(c3ccccc3Oc3ccccc31)c1cc(-c3nc(-c4ccccc4)nc(-c4cccc5ccccc45)n3)ccc1-2. The van der Waals surface area contributed by atoms with Crippen molar-refractivity contribution in [3.8, 4) is 74.0 Å². The van der Waals surface area contributed by atoms with Crippen molar-refractivity contribution in [2.24, 2.45) is 0 Å². The van der Waals surface area contributed by atoms with Crippen LogP contribution in [0.15, 0.2) is 182 Å². The highest BCUT2D eigenvalue weighted by atomic mass is 16.5. The summed E-state index contributed by atoms with van der Waals surface area (Å²) in [6.07, 6.45) is 0. The number of fused-ring (bicyclic) bond motifs is 10. The molecule has 0 unspecified atom stereocenters. The number of hydrogen-bond donors (Lipinski definition) is 0. The number of aromatic nitrogens is 3. The normalized spacial score (nSPS) is 12.9. The van der Waals surface area contributed by atoms with Gasteiger partial charge in [0, 0.05) is 27.8 Å². The summed E-state index contributed by atoms with van der Waals surface area (Å²) in [4.78, 5) is 15.5. The third-order valence-corrected chi connectivity index (χ3v) is 11.3. The molecule has 56 heavy (non-hydrogen) atoms. The molecule has 9 aromatic rings. The van der Waals surface area contributed by atoms with Crippen molar-refractivity contribution >= 4 is 10.8 Å². The Kier molecular flexibility index (Phi) is 7.07. The molecule has 1 spiro atoms. The maximum atomic E-state index is 10.1. The predicted octanol–water partition coefficient (Wildman–Crippen LogP) is 12.0. The van der Waals surface area contributed by atoms with E-state index in [1.165, 1.54) is 0 Å². The predicted molar refractivity (Wildman–Crippen MR) is 221 cm³/mol. The average molecular weight is 715 g/mol. The van der Waals surface area contributed by atoms with Crippen LogP contribution in [-0.4, -0.2) is 15.0 Å². The van der Waals surface area contributed by atoms with Crippen LogP contribution in [0.2, 0.25) is 0 Å². The van der Waals surface area contributed by atoms with E-state index in [4.69, 9.17) is 19.7 Å². The van der Waals surface area contributed by atoms with Gasteiger partial charge in [-0.15, -0.1) is 0 Å². The van der Waals surface area contributed by atoms with Gasteiger partial charge in [-0.25, -0.2) is 15.0 Å². The standard InChI is InChI=1S/C51H30N4O/c52-31-36-16-5-6-18-37(36)34-25-27-39-40-28-26-35(30-45(40)51(44(39)29-34)42-21-8-10-23-46(42)56-47-24-11-9-22-43(47)51)49-53-48(33-14-2-1-3-15-33)54-50(55-49)41-20-12-17-32-13-4-7-19-38(32)41/h1-30H. The first-order valence-corrected chi connectivity index (χ1v) is 18.7. The van der Waals surface area contributed by atoms with Crippen molar-refractivity contribution in [1.29, 1.82) is 5.26 Å². The summed E-state index contributed by atoms with van der Waals surface area (Å²) in [5, 5.41) is 12.3. The largest absolute Gasteiger partial charge is 0.457 e. The van der Waals surface area contributed by atoms with Crippen LogP contribution < -0.4 is 4.74 Å². The fraction of sp³-hybridized carbons (Fsp3) is 0.0196. The summed E-state index contributed by atoms with van der Waals surface area (Å²) in [5.41, 5.74) is 11.2. The third-order valence-electron chi connectivity index (χ3n) is 11.3. The lowest BCUT2D eigenvalue weighted by atomic mass is 9.65. The van der Waals surface area contributed by atoms with E-state index >= 15 is 0 Å². The molecular formula is C51H30N4O. The maximum absolute atomic E-state index is 10.1. The number of benzene rings is 8. The molecule has 0 fully saturated rings. The third kappa shape index (κ3) is 4.70. The molecule has 1 aliphatic heterocycles. The molecule has 1 aromatic heterocycles. The van der Waals surface area contributed by atoms with E-state index in [0.717, 1.165) is 83.5 Å². The molecule has 0 radical (unpaired) electrons. The summed E-state index contributed by atoms with van der Waals surface area (Å²) in [5.74, 6) is 3.44. The maximum Gasteiger partial charge on any atom is 0.164 e. The molecule has 0 saturated heterocycles. The summed E-state index contributed by atoms with van der Waals surface area (Å²) >= 11 is 0. The van der Waals surface area contributed by atoms with Gasteiger partial charge >= 0.3 is 0 Å². The monoisotopic (exact) mass is 714 g/mol. The van der Waals surface area contributed by atoms with Gasteiger partial charge < -0.3 is 4.74 Å². The molecule has 1 aliphatic carbocycles. The van der Waals surface area contributed by atoms with Crippen molar-refractivity contribution in [2.75, 3.05) is 0 Å². The van der Waals surface area contributed by atoms with Crippen LogP contribution in [-0.2, 0) is 5.41 Å². The smallest absolute Gasteiger partial charge is 0.164 e. The minimum Gasteiger partial charge on any atom is -0.457 e. The number of nitrogens with zero attached hydrogens (tertiary/aromatic N) is 4. The number of para-hydroxylation sites is 2. The van der Waals surface area contributed by atoms with Crippen molar-refractivity contribution in [3.05, 3.63) is 210 Å². The number of ether oxygens (including phenoxy) is 1. The van der Waals surface area contributed by atoms with E-state index in [-0.39, 0.29) is 0 Å². The van der Waals surface area contributed by atoms with Crippen molar-refractivity contribution in [1.82, 2.24) is 15.0 Å². The molecule has 0 bridgehead atoms. The molecule has 11 rings (SSSR count). The molecule has 2 heterocycles. The van der Waals surface area contributed by atoms with E-state index in [1.807, 2.05) is 66.7 Å². The van der Waals surface area contributed by atoms with E-state index in [0.29, 0.717) is 23.0 Å². The highest BCUT2D eigenvalue weighted by molar-refractivity contribution is 5.96. The molecule has 5 nitrogen and oxygen atoms in total. The van der Waals surface area contributed by atoms with Crippen molar-refractivity contribution in [2.45, 2.75) is 5.41 Å². The number of nitriles is 1. The van der Waals surface area contributed by atoms with E-state index < -0.39 is 5.41 Å². The van der Waals surface area contributed by atoms with Crippen LogP contribution in [0, 0.1) is 11.3 Å². The molecule has 0 amide bonds. The zero-order valence-electron chi connectivity index (χ0n) is 30.0. The summed E-state index contributed by atoms with van der Waals surface area (Å²) in [7, 11) is 0. The Morgan fingerprint density at radius 1 is 0.411 bits per heavy atom. The van der Waals surface area contributed by atoms with Crippen molar-refractivity contribution in [3.63, 3.8) is 0 Å². The van der Waals surface area contributed by atoms with Gasteiger partial charge in [-0.3, -0.25) is 0 Å². The van der Waals surface area contributed by atoms with Crippen molar-refractivity contribution < 1.29 is 4.74 Å². The molecule has 5 heteroatoms. The number of rotatable bonds is 4. The molecule has 0 saturated carbocycles. The van der Waals surface area contributed by atoms with Gasteiger partial charge in [0.25, 0.3) is 0 Å². The van der Waals surface area contributed by atoms with Crippen LogP contribution in [0.5, 0.6) is 11.5 Å². The van der Waals surface area contributed by atoms with E-state index in [9.17, 15) is 5.26 Å². The Labute approximate surface area is 323 Å². The van der Waals surface area contributed by atoms with Crippen LogP contribution in [0.4, 0.5) is 0 Å². The second-order valence-corrected chi connectivity index (χ2v) is 14.2.